The molecule has 0 radical (unpaired) electrons. The van der Waals surface area contributed by atoms with Crippen molar-refractivity contribution in [2.45, 2.75) is 66.9 Å². The van der Waals surface area contributed by atoms with Crippen LogP contribution in [0.15, 0.2) is 23.3 Å². The third-order valence-corrected chi connectivity index (χ3v) is 5.79. The average molecular weight is 381 g/mol. The van der Waals surface area contributed by atoms with E-state index in [1.54, 1.807) is 6.08 Å². The van der Waals surface area contributed by atoms with E-state index in [1.807, 2.05) is 0 Å². The smallest absolute Gasteiger partial charge is 0.313 e. The Balaban J connectivity index is 3.08. The standard InChI is InChI=1S/C22H36O5/c1-14(21(2,3)4)10-9-11-22(5,6)17-12-15(19(24)26-7)16(13-18(17)23)20(25)27-8/h10,12,15-16,18,23H,9,11,13H2,1-8H3. The normalized spacial score (nSPS) is 24.3. The third-order valence-electron chi connectivity index (χ3n) is 5.79. The second-order valence-corrected chi connectivity index (χ2v) is 9.11. The maximum Gasteiger partial charge on any atom is 0.313 e. The van der Waals surface area contributed by atoms with Gasteiger partial charge in [-0.25, -0.2) is 0 Å². The lowest BCUT2D eigenvalue weighted by Crippen LogP contribution is -2.40. The fourth-order valence-electron chi connectivity index (χ4n) is 3.47. The van der Waals surface area contributed by atoms with E-state index in [9.17, 15) is 14.7 Å². The molecule has 0 spiro atoms. The van der Waals surface area contributed by atoms with Gasteiger partial charge in [0.05, 0.1) is 32.2 Å². The summed E-state index contributed by atoms with van der Waals surface area (Å²) in [5.41, 5.74) is 1.95. The monoisotopic (exact) mass is 380 g/mol. The molecule has 1 rings (SSSR count). The first-order valence-corrected chi connectivity index (χ1v) is 9.58. The highest BCUT2D eigenvalue weighted by Crippen LogP contribution is 2.42. The summed E-state index contributed by atoms with van der Waals surface area (Å²) in [6, 6.07) is 0. The number of hydrogen-bond acceptors (Lipinski definition) is 5. The number of aliphatic hydroxyl groups is 1. The summed E-state index contributed by atoms with van der Waals surface area (Å²) in [5, 5.41) is 10.7. The van der Waals surface area contributed by atoms with Crippen LogP contribution in [0.4, 0.5) is 0 Å². The molecule has 1 aliphatic carbocycles. The average Bonchev–Trinajstić information content (AvgIpc) is 2.58. The predicted molar refractivity (Wildman–Crippen MR) is 106 cm³/mol. The Morgan fingerprint density at radius 3 is 2.19 bits per heavy atom. The lowest BCUT2D eigenvalue weighted by Gasteiger charge is -2.38. The van der Waals surface area contributed by atoms with Gasteiger partial charge in [0.1, 0.15) is 0 Å². The largest absolute Gasteiger partial charge is 0.469 e. The fourth-order valence-corrected chi connectivity index (χ4v) is 3.47. The molecule has 0 saturated carbocycles. The molecule has 0 aliphatic heterocycles. The van der Waals surface area contributed by atoms with Gasteiger partial charge in [0.2, 0.25) is 0 Å². The molecule has 0 amide bonds. The third kappa shape index (κ3) is 5.93. The molecule has 0 aromatic heterocycles. The van der Waals surface area contributed by atoms with E-state index >= 15 is 0 Å². The molecule has 1 N–H and O–H groups in total. The molecule has 0 heterocycles. The molecule has 0 aromatic rings. The highest BCUT2D eigenvalue weighted by Gasteiger charge is 2.43. The van der Waals surface area contributed by atoms with Crippen molar-refractivity contribution in [3.63, 3.8) is 0 Å². The molecular weight excluding hydrogens is 344 g/mol. The molecule has 3 atom stereocenters. The number of carbonyl (C=O) groups excluding carboxylic acids is 2. The summed E-state index contributed by atoms with van der Waals surface area (Å²) in [6.45, 7) is 12.8. The Morgan fingerprint density at radius 2 is 1.70 bits per heavy atom. The number of rotatable bonds is 6. The summed E-state index contributed by atoms with van der Waals surface area (Å²) in [5.74, 6) is -2.43. The van der Waals surface area contributed by atoms with Crippen LogP contribution in [0.1, 0.15) is 60.8 Å². The minimum absolute atomic E-state index is 0.136. The van der Waals surface area contributed by atoms with Gasteiger partial charge in [-0.3, -0.25) is 9.59 Å². The molecular formula is C22H36O5. The Labute approximate surface area is 163 Å². The van der Waals surface area contributed by atoms with Crippen LogP contribution < -0.4 is 0 Å². The number of allylic oxidation sites excluding steroid dienone is 2. The van der Waals surface area contributed by atoms with Gasteiger partial charge in [-0.15, -0.1) is 0 Å². The van der Waals surface area contributed by atoms with Gasteiger partial charge in [0.15, 0.2) is 0 Å². The molecule has 154 valence electrons. The fraction of sp³-hybridized carbons (Fsp3) is 0.727. The minimum atomic E-state index is -0.780. The van der Waals surface area contributed by atoms with Crippen LogP contribution in [0.2, 0.25) is 0 Å². The number of hydrogen-bond donors (Lipinski definition) is 1. The van der Waals surface area contributed by atoms with Crippen LogP contribution in [-0.2, 0) is 19.1 Å². The maximum absolute atomic E-state index is 12.2. The van der Waals surface area contributed by atoms with E-state index in [4.69, 9.17) is 9.47 Å². The first kappa shape index (κ1) is 23.4. The zero-order valence-electron chi connectivity index (χ0n) is 18.1. The molecule has 0 bridgehead atoms. The molecule has 0 fully saturated rings. The van der Waals surface area contributed by atoms with Crippen molar-refractivity contribution in [1.82, 2.24) is 0 Å². The first-order valence-electron chi connectivity index (χ1n) is 9.58. The predicted octanol–water partition coefficient (Wildman–Crippen LogP) is 4.05. The summed E-state index contributed by atoms with van der Waals surface area (Å²) in [7, 11) is 2.59. The number of ether oxygens (including phenoxy) is 2. The lowest BCUT2D eigenvalue weighted by molar-refractivity contribution is -0.157. The van der Waals surface area contributed by atoms with E-state index in [0.717, 1.165) is 18.4 Å². The number of carbonyl (C=O) groups is 2. The SMILES string of the molecule is COC(=O)C1C=C(C(C)(C)CCC=C(C)C(C)(C)C)C(O)CC1C(=O)OC. The van der Waals surface area contributed by atoms with Gasteiger partial charge in [-0.2, -0.15) is 0 Å². The van der Waals surface area contributed by atoms with Gasteiger partial charge in [0, 0.05) is 0 Å². The number of methoxy groups -OCH3 is 2. The van der Waals surface area contributed by atoms with Gasteiger partial charge >= 0.3 is 11.9 Å². The van der Waals surface area contributed by atoms with Crippen molar-refractivity contribution in [3.8, 4) is 0 Å². The highest BCUT2D eigenvalue weighted by molar-refractivity contribution is 5.84. The summed E-state index contributed by atoms with van der Waals surface area (Å²) < 4.78 is 9.69. The van der Waals surface area contributed by atoms with Gasteiger partial charge in [-0.05, 0) is 42.6 Å². The Kier molecular flexibility index (Phi) is 7.85. The van der Waals surface area contributed by atoms with Crippen LogP contribution in [0, 0.1) is 22.7 Å². The van der Waals surface area contributed by atoms with Crippen molar-refractivity contribution >= 4 is 11.9 Å². The molecule has 27 heavy (non-hydrogen) atoms. The van der Waals surface area contributed by atoms with E-state index < -0.39 is 29.9 Å². The van der Waals surface area contributed by atoms with Crippen molar-refractivity contribution in [3.05, 3.63) is 23.3 Å². The number of aliphatic hydroxyl groups excluding tert-OH is 1. The molecule has 3 unspecified atom stereocenters. The second-order valence-electron chi connectivity index (χ2n) is 9.11. The summed E-state index contributed by atoms with van der Waals surface area (Å²) >= 11 is 0. The zero-order chi connectivity index (χ0) is 21.0. The van der Waals surface area contributed by atoms with Crippen LogP contribution >= 0.6 is 0 Å². The van der Waals surface area contributed by atoms with Crippen LogP contribution in [0.5, 0.6) is 0 Å². The lowest BCUT2D eigenvalue weighted by atomic mass is 9.69. The molecule has 5 heteroatoms. The number of esters is 2. The van der Waals surface area contributed by atoms with Crippen molar-refractivity contribution in [2.24, 2.45) is 22.7 Å². The Bertz CT molecular complexity index is 607. The molecule has 0 saturated heterocycles. The van der Waals surface area contributed by atoms with Crippen molar-refractivity contribution in [1.29, 1.82) is 0 Å². The van der Waals surface area contributed by atoms with Crippen LogP contribution in [-0.4, -0.2) is 37.4 Å². The zero-order valence-corrected chi connectivity index (χ0v) is 18.1. The first-order chi connectivity index (χ1) is 12.3. The Morgan fingerprint density at radius 1 is 1.15 bits per heavy atom. The molecule has 0 aromatic carbocycles. The van der Waals surface area contributed by atoms with Crippen LogP contribution in [0.3, 0.4) is 0 Å². The Hall–Kier alpha value is -1.62. The summed E-state index contributed by atoms with van der Waals surface area (Å²) in [6.07, 6.45) is 5.06. The minimum Gasteiger partial charge on any atom is -0.469 e. The van der Waals surface area contributed by atoms with Crippen LogP contribution in [0.25, 0.3) is 0 Å². The quantitative estimate of drug-likeness (QED) is 0.556. The van der Waals surface area contributed by atoms with E-state index in [1.165, 1.54) is 19.8 Å². The van der Waals surface area contributed by atoms with Crippen molar-refractivity contribution < 1.29 is 24.2 Å². The van der Waals surface area contributed by atoms with Crippen molar-refractivity contribution in [2.75, 3.05) is 14.2 Å². The second kappa shape index (κ2) is 9.05. The van der Waals surface area contributed by atoms with Gasteiger partial charge in [0.25, 0.3) is 0 Å². The van der Waals surface area contributed by atoms with E-state index in [-0.39, 0.29) is 17.3 Å². The van der Waals surface area contributed by atoms with Gasteiger partial charge < -0.3 is 14.6 Å². The van der Waals surface area contributed by atoms with E-state index in [2.05, 4.69) is 47.6 Å². The topological polar surface area (TPSA) is 72.8 Å². The molecule has 1 aliphatic rings. The molecule has 5 nitrogen and oxygen atoms in total. The van der Waals surface area contributed by atoms with E-state index in [0.29, 0.717) is 0 Å². The highest BCUT2D eigenvalue weighted by atomic mass is 16.5. The maximum atomic E-state index is 12.2. The van der Waals surface area contributed by atoms with Gasteiger partial charge in [-0.1, -0.05) is 52.3 Å². The summed E-state index contributed by atoms with van der Waals surface area (Å²) in [4.78, 5) is 24.3.